The summed E-state index contributed by atoms with van der Waals surface area (Å²) in [6.07, 6.45) is 7.99. The Morgan fingerprint density at radius 3 is 2.96 bits per heavy atom. The van der Waals surface area contributed by atoms with Gasteiger partial charge in [-0.25, -0.2) is 0 Å². The maximum absolute atomic E-state index is 5.41. The van der Waals surface area contributed by atoms with Crippen molar-refractivity contribution in [1.29, 1.82) is 0 Å². The van der Waals surface area contributed by atoms with Gasteiger partial charge in [0.25, 0.3) is 0 Å². The number of rotatable bonds is 8. The Morgan fingerprint density at radius 2 is 2.30 bits per heavy atom. The number of fused-ring (bicyclic) bond motifs is 3. The Balaban J connectivity index is 1.72. The standard InChI is InChI=1S/C17H30N4OS/c1-4-7-20(2)12-15-13-21-8-5-14(15)10-16(21)11-19-17(23)18-6-9-22-3/h1,14-16H,5-13H2,2-3H3,(H2,18,19,23)/t14-,15-,16+/m0/s1. The molecule has 0 saturated carbocycles. The third-order valence-corrected chi connectivity index (χ3v) is 5.30. The van der Waals surface area contributed by atoms with Crippen LogP contribution >= 0.6 is 12.2 Å². The van der Waals surface area contributed by atoms with Crippen LogP contribution in [-0.4, -0.2) is 81.0 Å². The molecule has 0 aliphatic carbocycles. The number of nitrogens with zero attached hydrogens (tertiary/aromatic N) is 2. The molecule has 3 rings (SSSR count). The molecule has 3 aliphatic heterocycles. The van der Waals surface area contributed by atoms with Crippen LogP contribution in [0.3, 0.4) is 0 Å². The third-order valence-electron chi connectivity index (χ3n) is 5.01. The molecule has 0 aromatic carbocycles. The van der Waals surface area contributed by atoms with Crippen molar-refractivity contribution in [2.24, 2.45) is 11.8 Å². The first-order valence-corrected chi connectivity index (χ1v) is 8.91. The SMILES string of the molecule is C#CCN(C)C[C@H]1CN2CC[C@H]1C[C@@H]2CNC(=S)NCCOC. The van der Waals surface area contributed by atoms with E-state index in [0.717, 1.165) is 43.1 Å². The second kappa shape index (κ2) is 9.43. The molecule has 5 nitrogen and oxygen atoms in total. The van der Waals surface area contributed by atoms with Crippen molar-refractivity contribution >= 4 is 17.3 Å². The lowest BCUT2D eigenvalue weighted by molar-refractivity contribution is -0.00652. The van der Waals surface area contributed by atoms with Gasteiger partial charge in [-0.15, -0.1) is 6.42 Å². The lowest BCUT2D eigenvalue weighted by atomic mass is 9.75. The van der Waals surface area contributed by atoms with Crippen LogP contribution in [-0.2, 0) is 4.74 Å². The van der Waals surface area contributed by atoms with Gasteiger partial charge in [-0.3, -0.25) is 9.80 Å². The van der Waals surface area contributed by atoms with Gasteiger partial charge < -0.3 is 15.4 Å². The number of methoxy groups -OCH3 is 1. The number of thiocarbonyl (C=S) groups is 1. The minimum Gasteiger partial charge on any atom is -0.383 e. The Labute approximate surface area is 146 Å². The second-order valence-electron chi connectivity index (χ2n) is 6.72. The normalized spacial score (nSPS) is 29.3. The maximum atomic E-state index is 5.41. The number of hydrogen-bond acceptors (Lipinski definition) is 4. The van der Waals surface area contributed by atoms with E-state index in [1.807, 2.05) is 0 Å². The van der Waals surface area contributed by atoms with Crippen molar-refractivity contribution in [3.05, 3.63) is 0 Å². The topological polar surface area (TPSA) is 39.8 Å². The third kappa shape index (κ3) is 5.61. The molecule has 0 aromatic heterocycles. The molecule has 23 heavy (non-hydrogen) atoms. The number of hydrogen-bond donors (Lipinski definition) is 2. The summed E-state index contributed by atoms with van der Waals surface area (Å²) in [7, 11) is 3.82. The van der Waals surface area contributed by atoms with Crippen LogP contribution in [0, 0.1) is 24.2 Å². The van der Waals surface area contributed by atoms with Crippen molar-refractivity contribution in [1.82, 2.24) is 20.4 Å². The molecule has 2 bridgehead atoms. The Kier molecular flexibility index (Phi) is 7.57. The first-order valence-electron chi connectivity index (χ1n) is 8.50. The van der Waals surface area contributed by atoms with E-state index in [4.69, 9.17) is 23.4 Å². The van der Waals surface area contributed by atoms with E-state index in [-0.39, 0.29) is 0 Å². The van der Waals surface area contributed by atoms with Crippen LogP contribution in [0.1, 0.15) is 12.8 Å². The van der Waals surface area contributed by atoms with E-state index in [0.29, 0.717) is 12.6 Å². The highest BCUT2D eigenvalue weighted by Crippen LogP contribution is 2.36. The van der Waals surface area contributed by atoms with Crippen LogP contribution in [0.15, 0.2) is 0 Å². The van der Waals surface area contributed by atoms with Gasteiger partial charge in [-0.2, -0.15) is 0 Å². The molecule has 3 saturated heterocycles. The van der Waals surface area contributed by atoms with Crippen LogP contribution in [0.4, 0.5) is 0 Å². The summed E-state index contributed by atoms with van der Waals surface area (Å²) < 4.78 is 5.01. The van der Waals surface area contributed by atoms with Gasteiger partial charge >= 0.3 is 0 Å². The van der Waals surface area contributed by atoms with Gasteiger partial charge in [-0.05, 0) is 50.5 Å². The summed E-state index contributed by atoms with van der Waals surface area (Å²) in [5, 5.41) is 7.26. The Hall–Kier alpha value is -0.870. The van der Waals surface area contributed by atoms with Gasteiger partial charge in [0.1, 0.15) is 0 Å². The quantitative estimate of drug-likeness (QED) is 0.379. The predicted octanol–water partition coefficient (Wildman–Crippen LogP) is 0.372. The highest BCUT2D eigenvalue weighted by Gasteiger charge is 2.39. The maximum Gasteiger partial charge on any atom is 0.166 e. The molecular weight excluding hydrogens is 308 g/mol. The van der Waals surface area contributed by atoms with Crippen molar-refractivity contribution in [3.63, 3.8) is 0 Å². The molecule has 0 spiro atoms. The lowest BCUT2D eigenvalue weighted by Gasteiger charge is -2.50. The average Bonchev–Trinajstić information content (AvgIpc) is 2.54. The molecule has 3 heterocycles. The number of terminal acetylenes is 1. The van der Waals surface area contributed by atoms with Crippen molar-refractivity contribution in [2.75, 3.05) is 60.0 Å². The summed E-state index contributed by atoms with van der Waals surface area (Å²) in [6, 6.07) is 0.602. The fourth-order valence-corrected chi connectivity index (χ4v) is 4.01. The zero-order valence-corrected chi connectivity index (χ0v) is 15.2. The molecule has 4 atom stereocenters. The molecule has 6 heteroatoms. The molecular formula is C17H30N4OS. The largest absolute Gasteiger partial charge is 0.383 e. The fraction of sp³-hybridized carbons (Fsp3) is 0.824. The number of piperidine rings is 3. The van der Waals surface area contributed by atoms with E-state index in [1.165, 1.54) is 25.9 Å². The van der Waals surface area contributed by atoms with E-state index in [2.05, 4.69) is 33.4 Å². The first-order chi connectivity index (χ1) is 11.1. The second-order valence-corrected chi connectivity index (χ2v) is 7.13. The van der Waals surface area contributed by atoms with Crippen molar-refractivity contribution in [3.8, 4) is 12.3 Å². The molecule has 2 N–H and O–H groups in total. The summed E-state index contributed by atoms with van der Waals surface area (Å²) in [6.45, 7) is 6.63. The highest BCUT2D eigenvalue weighted by atomic mass is 32.1. The van der Waals surface area contributed by atoms with E-state index < -0.39 is 0 Å². The van der Waals surface area contributed by atoms with Crippen molar-refractivity contribution in [2.45, 2.75) is 18.9 Å². The van der Waals surface area contributed by atoms with Crippen molar-refractivity contribution < 1.29 is 4.74 Å². The predicted molar refractivity (Wildman–Crippen MR) is 98.4 cm³/mol. The van der Waals surface area contributed by atoms with E-state index in [1.54, 1.807) is 7.11 Å². The Bertz CT molecular complexity index is 425. The summed E-state index contributed by atoms with van der Waals surface area (Å²) in [5.74, 6) is 4.31. The monoisotopic (exact) mass is 338 g/mol. The zero-order valence-electron chi connectivity index (χ0n) is 14.4. The molecule has 130 valence electrons. The smallest absolute Gasteiger partial charge is 0.166 e. The lowest BCUT2D eigenvalue weighted by Crippen LogP contribution is -2.58. The molecule has 3 fully saturated rings. The molecule has 0 aromatic rings. The molecule has 0 radical (unpaired) electrons. The Morgan fingerprint density at radius 1 is 1.48 bits per heavy atom. The van der Waals surface area contributed by atoms with Gasteiger partial charge in [0.15, 0.2) is 5.11 Å². The zero-order chi connectivity index (χ0) is 16.7. The highest BCUT2D eigenvalue weighted by molar-refractivity contribution is 7.80. The van der Waals surface area contributed by atoms with Crippen LogP contribution in [0.2, 0.25) is 0 Å². The number of ether oxygens (including phenoxy) is 1. The van der Waals surface area contributed by atoms with E-state index in [9.17, 15) is 0 Å². The van der Waals surface area contributed by atoms with E-state index >= 15 is 0 Å². The molecule has 0 amide bonds. The van der Waals surface area contributed by atoms with Crippen LogP contribution in [0.25, 0.3) is 0 Å². The molecule has 1 unspecified atom stereocenters. The van der Waals surface area contributed by atoms with Gasteiger partial charge in [-0.1, -0.05) is 5.92 Å². The molecule has 3 aliphatic rings. The summed E-state index contributed by atoms with van der Waals surface area (Å²) >= 11 is 5.31. The minimum absolute atomic E-state index is 0.602. The van der Waals surface area contributed by atoms with Gasteiger partial charge in [0.2, 0.25) is 0 Å². The minimum atomic E-state index is 0.602. The first kappa shape index (κ1) is 18.5. The fourth-order valence-electron chi connectivity index (χ4n) is 3.83. The summed E-state index contributed by atoms with van der Waals surface area (Å²) in [4.78, 5) is 4.90. The average molecular weight is 339 g/mol. The van der Waals surface area contributed by atoms with Gasteiger partial charge in [0.05, 0.1) is 13.2 Å². The number of nitrogens with one attached hydrogen (secondary N) is 2. The van der Waals surface area contributed by atoms with Crippen LogP contribution < -0.4 is 10.6 Å². The van der Waals surface area contributed by atoms with Crippen LogP contribution in [0.5, 0.6) is 0 Å². The van der Waals surface area contributed by atoms with Gasteiger partial charge in [0, 0.05) is 39.3 Å². The summed E-state index contributed by atoms with van der Waals surface area (Å²) in [5.41, 5.74) is 0.